The molecule has 1 aliphatic rings. The Morgan fingerprint density at radius 3 is 2.60 bits per heavy atom. The fourth-order valence-corrected chi connectivity index (χ4v) is 2.11. The minimum Gasteiger partial charge on any atom is -0.379 e. The molecule has 112 valence electrons. The lowest BCUT2D eigenvalue weighted by Gasteiger charge is -2.31. The van der Waals surface area contributed by atoms with Gasteiger partial charge in [-0.05, 0) is 17.7 Å². The van der Waals surface area contributed by atoms with Gasteiger partial charge in [0.05, 0.1) is 24.8 Å². The number of hydrazine groups is 1. The topological polar surface area (TPSA) is 50.5 Å². The average Bonchev–Trinajstić information content (AvgIpc) is 2.45. The summed E-state index contributed by atoms with van der Waals surface area (Å²) < 4.78 is 43.4. The van der Waals surface area contributed by atoms with E-state index in [1.165, 1.54) is 6.07 Å². The van der Waals surface area contributed by atoms with E-state index in [-0.39, 0.29) is 12.6 Å². The van der Waals surface area contributed by atoms with Crippen LogP contribution in [0.2, 0.25) is 0 Å². The molecule has 1 aliphatic heterocycles. The van der Waals surface area contributed by atoms with E-state index >= 15 is 0 Å². The lowest BCUT2D eigenvalue weighted by molar-refractivity contribution is -0.137. The molecule has 1 aromatic rings. The fourth-order valence-electron chi connectivity index (χ4n) is 2.11. The van der Waals surface area contributed by atoms with Crippen molar-refractivity contribution >= 4 is 0 Å². The quantitative estimate of drug-likeness (QED) is 0.883. The standard InChI is InChI=1S/C13H18F3N3O/c14-13(15,16)11-3-1-2-10(8-11)12(9-17)18-19-4-6-20-7-5-19/h1-3,8,12,18H,4-7,9,17H2. The largest absolute Gasteiger partial charge is 0.416 e. The molecule has 20 heavy (non-hydrogen) atoms. The van der Waals surface area contributed by atoms with Crippen molar-refractivity contribution in [3.05, 3.63) is 35.4 Å². The highest BCUT2D eigenvalue weighted by molar-refractivity contribution is 5.28. The zero-order valence-corrected chi connectivity index (χ0v) is 11.0. The van der Waals surface area contributed by atoms with Gasteiger partial charge in [-0.3, -0.25) is 0 Å². The van der Waals surface area contributed by atoms with Gasteiger partial charge in [-0.1, -0.05) is 12.1 Å². The summed E-state index contributed by atoms with van der Waals surface area (Å²) in [6.45, 7) is 2.81. The maximum absolute atomic E-state index is 12.7. The number of alkyl halides is 3. The van der Waals surface area contributed by atoms with Crippen molar-refractivity contribution in [3.63, 3.8) is 0 Å². The molecule has 0 radical (unpaired) electrons. The molecule has 7 heteroatoms. The Bertz CT molecular complexity index is 433. The van der Waals surface area contributed by atoms with E-state index in [1.54, 1.807) is 6.07 Å². The van der Waals surface area contributed by atoms with Gasteiger partial charge >= 0.3 is 6.18 Å². The Balaban J connectivity index is 2.10. The predicted molar refractivity (Wildman–Crippen MR) is 68.8 cm³/mol. The third kappa shape index (κ3) is 3.92. The van der Waals surface area contributed by atoms with Crippen molar-refractivity contribution in [2.24, 2.45) is 5.73 Å². The summed E-state index contributed by atoms with van der Waals surface area (Å²) in [6.07, 6.45) is -4.34. The molecule has 0 bridgehead atoms. The monoisotopic (exact) mass is 289 g/mol. The molecule has 1 fully saturated rings. The van der Waals surface area contributed by atoms with Gasteiger partial charge in [-0.25, -0.2) is 10.4 Å². The Kier molecular flexibility index (Phi) is 4.98. The average molecular weight is 289 g/mol. The van der Waals surface area contributed by atoms with Crippen LogP contribution in [0.4, 0.5) is 13.2 Å². The van der Waals surface area contributed by atoms with Crippen LogP contribution in [-0.2, 0) is 10.9 Å². The predicted octanol–water partition coefficient (Wildman–Crippen LogP) is 1.54. The number of morpholine rings is 1. The van der Waals surface area contributed by atoms with Crippen molar-refractivity contribution in [1.82, 2.24) is 10.4 Å². The molecule has 1 heterocycles. The van der Waals surface area contributed by atoms with Gasteiger partial charge in [0.2, 0.25) is 0 Å². The Hall–Kier alpha value is -1.15. The first-order chi connectivity index (χ1) is 9.50. The van der Waals surface area contributed by atoms with E-state index in [1.807, 2.05) is 5.01 Å². The smallest absolute Gasteiger partial charge is 0.379 e. The lowest BCUT2D eigenvalue weighted by atomic mass is 10.0. The first-order valence-corrected chi connectivity index (χ1v) is 6.47. The van der Waals surface area contributed by atoms with Gasteiger partial charge in [0.1, 0.15) is 0 Å². The zero-order valence-electron chi connectivity index (χ0n) is 11.0. The SMILES string of the molecule is NCC(NN1CCOCC1)c1cccc(C(F)(F)F)c1. The summed E-state index contributed by atoms with van der Waals surface area (Å²) in [5.74, 6) is 0. The third-order valence-corrected chi connectivity index (χ3v) is 3.20. The molecule has 2 rings (SSSR count). The number of benzene rings is 1. The van der Waals surface area contributed by atoms with Crippen LogP contribution in [0.25, 0.3) is 0 Å². The second-order valence-corrected chi connectivity index (χ2v) is 4.64. The highest BCUT2D eigenvalue weighted by atomic mass is 19.4. The van der Waals surface area contributed by atoms with Crippen LogP contribution >= 0.6 is 0 Å². The Labute approximate surface area is 115 Å². The van der Waals surface area contributed by atoms with Crippen molar-refractivity contribution in [2.75, 3.05) is 32.8 Å². The number of halogens is 3. The molecular weight excluding hydrogens is 271 g/mol. The van der Waals surface area contributed by atoms with Gasteiger partial charge in [-0.15, -0.1) is 0 Å². The number of nitrogens with zero attached hydrogens (tertiary/aromatic N) is 1. The second-order valence-electron chi connectivity index (χ2n) is 4.64. The molecule has 1 aromatic carbocycles. The molecular formula is C13H18F3N3O. The molecule has 1 atom stereocenters. The van der Waals surface area contributed by atoms with E-state index < -0.39 is 11.7 Å². The number of rotatable bonds is 4. The van der Waals surface area contributed by atoms with Crippen LogP contribution in [-0.4, -0.2) is 37.9 Å². The van der Waals surface area contributed by atoms with Crippen molar-refractivity contribution in [2.45, 2.75) is 12.2 Å². The minimum atomic E-state index is -4.34. The fraction of sp³-hybridized carbons (Fsp3) is 0.538. The van der Waals surface area contributed by atoms with E-state index in [2.05, 4.69) is 5.43 Å². The Morgan fingerprint density at radius 1 is 1.30 bits per heavy atom. The molecule has 0 spiro atoms. The first kappa shape index (κ1) is 15.2. The van der Waals surface area contributed by atoms with Gasteiger partial charge in [0.25, 0.3) is 0 Å². The van der Waals surface area contributed by atoms with Gasteiger partial charge in [-0.2, -0.15) is 13.2 Å². The highest BCUT2D eigenvalue weighted by Gasteiger charge is 2.31. The van der Waals surface area contributed by atoms with Crippen LogP contribution in [0, 0.1) is 0 Å². The molecule has 0 aliphatic carbocycles. The number of nitrogens with one attached hydrogen (secondary N) is 1. The zero-order chi connectivity index (χ0) is 14.6. The third-order valence-electron chi connectivity index (χ3n) is 3.20. The molecule has 0 aromatic heterocycles. The summed E-state index contributed by atoms with van der Waals surface area (Å²) in [5, 5.41) is 1.93. The maximum Gasteiger partial charge on any atom is 0.416 e. The molecule has 0 amide bonds. The van der Waals surface area contributed by atoms with Gasteiger partial charge < -0.3 is 10.5 Å². The first-order valence-electron chi connectivity index (χ1n) is 6.47. The summed E-state index contributed by atoms with van der Waals surface area (Å²) in [7, 11) is 0. The second kappa shape index (κ2) is 6.53. The van der Waals surface area contributed by atoms with Crippen LogP contribution in [0.15, 0.2) is 24.3 Å². The van der Waals surface area contributed by atoms with Crippen molar-refractivity contribution < 1.29 is 17.9 Å². The highest BCUT2D eigenvalue weighted by Crippen LogP contribution is 2.30. The number of hydrogen-bond donors (Lipinski definition) is 2. The maximum atomic E-state index is 12.7. The molecule has 4 nitrogen and oxygen atoms in total. The number of nitrogens with two attached hydrogens (primary N) is 1. The summed E-state index contributed by atoms with van der Waals surface area (Å²) in [4.78, 5) is 0. The van der Waals surface area contributed by atoms with E-state index in [4.69, 9.17) is 10.5 Å². The summed E-state index contributed by atoms with van der Waals surface area (Å²) >= 11 is 0. The molecule has 3 N–H and O–H groups in total. The van der Waals surface area contributed by atoms with E-state index in [0.717, 1.165) is 12.1 Å². The van der Waals surface area contributed by atoms with Crippen molar-refractivity contribution in [1.29, 1.82) is 0 Å². The van der Waals surface area contributed by atoms with Crippen molar-refractivity contribution in [3.8, 4) is 0 Å². The van der Waals surface area contributed by atoms with Crippen LogP contribution < -0.4 is 11.2 Å². The number of ether oxygens (including phenoxy) is 1. The summed E-state index contributed by atoms with van der Waals surface area (Å²) in [5.41, 5.74) is 8.72. The van der Waals surface area contributed by atoms with Crippen LogP contribution in [0.5, 0.6) is 0 Å². The van der Waals surface area contributed by atoms with Crippen LogP contribution in [0.3, 0.4) is 0 Å². The lowest BCUT2D eigenvalue weighted by Crippen LogP contribution is -2.48. The molecule has 1 saturated heterocycles. The summed E-state index contributed by atoms with van der Waals surface area (Å²) in [6, 6.07) is 4.93. The normalized spacial score (nSPS) is 19.0. The van der Waals surface area contributed by atoms with Crippen LogP contribution in [0.1, 0.15) is 17.2 Å². The van der Waals surface area contributed by atoms with E-state index in [0.29, 0.717) is 31.9 Å². The van der Waals surface area contributed by atoms with Gasteiger partial charge in [0, 0.05) is 19.6 Å². The van der Waals surface area contributed by atoms with E-state index in [9.17, 15) is 13.2 Å². The van der Waals surface area contributed by atoms with Gasteiger partial charge in [0.15, 0.2) is 0 Å². The molecule has 0 saturated carbocycles. The minimum absolute atomic E-state index is 0.221. The molecule has 1 unspecified atom stereocenters. The Morgan fingerprint density at radius 2 is 2.00 bits per heavy atom. The number of hydrogen-bond acceptors (Lipinski definition) is 4.